The van der Waals surface area contributed by atoms with E-state index in [2.05, 4.69) is 15.5 Å². The minimum atomic E-state index is -0.733. The van der Waals surface area contributed by atoms with Gasteiger partial charge in [0.2, 0.25) is 17.6 Å². The number of aliphatic hydroxyl groups is 1. The van der Waals surface area contributed by atoms with Gasteiger partial charge >= 0.3 is 0 Å². The maximum atomic E-state index is 13.6. The molecule has 2 aromatic rings. The Morgan fingerprint density at radius 2 is 2.25 bits per heavy atom. The van der Waals surface area contributed by atoms with Crippen molar-refractivity contribution in [3.8, 4) is 11.4 Å². The van der Waals surface area contributed by atoms with E-state index in [9.17, 15) is 14.3 Å². The summed E-state index contributed by atoms with van der Waals surface area (Å²) in [4.78, 5) is 16.0. The minimum absolute atomic E-state index is 0.170. The van der Waals surface area contributed by atoms with Gasteiger partial charge in [-0.15, -0.1) is 0 Å². The SMILES string of the molecule is Cc1ccc(-c2noc(CCC(=O)NCC3(O)CCC3)n2)cc1F. The summed E-state index contributed by atoms with van der Waals surface area (Å²) in [5.41, 5.74) is 0.347. The van der Waals surface area contributed by atoms with E-state index >= 15 is 0 Å². The third-order valence-electron chi connectivity index (χ3n) is 4.36. The largest absolute Gasteiger partial charge is 0.388 e. The fourth-order valence-electron chi connectivity index (χ4n) is 2.54. The van der Waals surface area contributed by atoms with Crippen LogP contribution in [0.25, 0.3) is 11.4 Å². The van der Waals surface area contributed by atoms with Crippen LogP contribution in [-0.4, -0.2) is 33.3 Å². The molecule has 1 amide bonds. The van der Waals surface area contributed by atoms with Crippen molar-refractivity contribution in [2.45, 2.75) is 44.6 Å². The highest BCUT2D eigenvalue weighted by atomic mass is 19.1. The van der Waals surface area contributed by atoms with Crippen molar-refractivity contribution in [2.75, 3.05) is 6.54 Å². The van der Waals surface area contributed by atoms with E-state index in [1.165, 1.54) is 6.07 Å². The number of nitrogens with zero attached hydrogens (tertiary/aromatic N) is 2. The second-order valence-electron chi connectivity index (χ2n) is 6.33. The van der Waals surface area contributed by atoms with Gasteiger partial charge in [0.05, 0.1) is 5.60 Å². The van der Waals surface area contributed by atoms with Crippen molar-refractivity contribution >= 4 is 5.91 Å². The average Bonchev–Trinajstić information content (AvgIpc) is 3.00. The third-order valence-corrected chi connectivity index (χ3v) is 4.36. The number of halogens is 1. The molecular formula is C17H20FN3O3. The van der Waals surface area contributed by atoms with Gasteiger partial charge in [-0.2, -0.15) is 4.98 Å². The van der Waals surface area contributed by atoms with Gasteiger partial charge in [0, 0.05) is 24.9 Å². The Morgan fingerprint density at radius 3 is 2.92 bits per heavy atom. The molecule has 1 aromatic carbocycles. The van der Waals surface area contributed by atoms with E-state index in [4.69, 9.17) is 4.52 Å². The molecule has 7 heteroatoms. The molecule has 0 atom stereocenters. The van der Waals surface area contributed by atoms with E-state index in [1.54, 1.807) is 19.1 Å². The Bertz CT molecular complexity index is 740. The van der Waals surface area contributed by atoms with Crippen LogP contribution in [0.3, 0.4) is 0 Å². The zero-order valence-corrected chi connectivity index (χ0v) is 13.5. The smallest absolute Gasteiger partial charge is 0.227 e. The molecule has 0 spiro atoms. The van der Waals surface area contributed by atoms with E-state index in [-0.39, 0.29) is 24.7 Å². The summed E-state index contributed by atoms with van der Waals surface area (Å²) < 4.78 is 18.7. The molecule has 0 radical (unpaired) electrons. The number of carbonyl (C=O) groups excluding carboxylic acids is 1. The fraction of sp³-hybridized carbons (Fsp3) is 0.471. The molecule has 1 saturated carbocycles. The lowest BCUT2D eigenvalue weighted by atomic mass is 9.80. The third kappa shape index (κ3) is 3.79. The van der Waals surface area contributed by atoms with Crippen LogP contribution in [0.2, 0.25) is 0 Å². The van der Waals surface area contributed by atoms with Crippen LogP contribution in [0, 0.1) is 12.7 Å². The summed E-state index contributed by atoms with van der Waals surface area (Å²) in [6, 6.07) is 4.73. The molecule has 1 heterocycles. The predicted molar refractivity (Wildman–Crippen MR) is 84.6 cm³/mol. The molecule has 6 nitrogen and oxygen atoms in total. The average molecular weight is 333 g/mol. The first-order chi connectivity index (χ1) is 11.5. The monoisotopic (exact) mass is 333 g/mol. The Kier molecular flexibility index (Phi) is 4.62. The van der Waals surface area contributed by atoms with Gasteiger partial charge in [0.15, 0.2) is 0 Å². The van der Waals surface area contributed by atoms with Crippen LogP contribution in [0.4, 0.5) is 4.39 Å². The number of nitrogens with one attached hydrogen (secondary N) is 1. The van der Waals surface area contributed by atoms with Crippen LogP contribution in [0.15, 0.2) is 22.7 Å². The molecule has 128 valence electrons. The van der Waals surface area contributed by atoms with Crippen LogP contribution in [0.1, 0.15) is 37.1 Å². The molecule has 1 aliphatic carbocycles. The lowest BCUT2D eigenvalue weighted by molar-refractivity contribution is -0.123. The first-order valence-electron chi connectivity index (χ1n) is 8.03. The Morgan fingerprint density at radius 1 is 1.46 bits per heavy atom. The zero-order chi connectivity index (χ0) is 17.2. The maximum Gasteiger partial charge on any atom is 0.227 e. The molecular weight excluding hydrogens is 313 g/mol. The first kappa shape index (κ1) is 16.6. The van der Waals surface area contributed by atoms with Crippen molar-refractivity contribution in [3.63, 3.8) is 0 Å². The summed E-state index contributed by atoms with van der Waals surface area (Å²) >= 11 is 0. The summed E-state index contributed by atoms with van der Waals surface area (Å²) in [7, 11) is 0. The van der Waals surface area contributed by atoms with E-state index in [0.717, 1.165) is 19.3 Å². The van der Waals surface area contributed by atoms with Gasteiger partial charge in [0.25, 0.3) is 0 Å². The Labute approximate surface area is 139 Å². The van der Waals surface area contributed by atoms with Gasteiger partial charge in [-0.3, -0.25) is 4.79 Å². The summed E-state index contributed by atoms with van der Waals surface area (Å²) in [5.74, 6) is 0.125. The maximum absolute atomic E-state index is 13.6. The van der Waals surface area contributed by atoms with Gasteiger partial charge in [0.1, 0.15) is 5.82 Å². The number of benzene rings is 1. The van der Waals surface area contributed by atoms with Crippen LogP contribution < -0.4 is 5.32 Å². The number of hydrogen-bond donors (Lipinski definition) is 2. The lowest BCUT2D eigenvalue weighted by Crippen LogP contribution is -2.47. The van der Waals surface area contributed by atoms with Gasteiger partial charge in [-0.05, 0) is 37.8 Å². The topological polar surface area (TPSA) is 88.2 Å². The fourth-order valence-corrected chi connectivity index (χ4v) is 2.54. The molecule has 1 aromatic heterocycles. The minimum Gasteiger partial charge on any atom is -0.388 e. The van der Waals surface area contributed by atoms with Crippen LogP contribution in [-0.2, 0) is 11.2 Å². The molecule has 24 heavy (non-hydrogen) atoms. The van der Waals surface area contributed by atoms with Crippen molar-refractivity contribution in [2.24, 2.45) is 0 Å². The number of hydrogen-bond acceptors (Lipinski definition) is 5. The highest BCUT2D eigenvalue weighted by Crippen LogP contribution is 2.30. The number of rotatable bonds is 6. The Balaban J connectivity index is 1.52. The molecule has 2 N–H and O–H groups in total. The lowest BCUT2D eigenvalue weighted by Gasteiger charge is -2.36. The molecule has 3 rings (SSSR count). The molecule has 0 bridgehead atoms. The van der Waals surface area contributed by atoms with Crippen LogP contribution >= 0.6 is 0 Å². The molecule has 1 fully saturated rings. The Hall–Kier alpha value is -2.28. The first-order valence-corrected chi connectivity index (χ1v) is 8.03. The predicted octanol–water partition coefficient (Wildman–Crippen LogP) is 2.15. The molecule has 1 aliphatic rings. The van der Waals surface area contributed by atoms with Crippen molar-refractivity contribution in [1.29, 1.82) is 0 Å². The molecule has 0 saturated heterocycles. The molecule has 0 aliphatic heterocycles. The standard InChI is InChI=1S/C17H20FN3O3/c1-11-3-4-12(9-13(11)18)16-20-15(24-21-16)6-5-14(22)19-10-17(23)7-2-8-17/h3-4,9,23H,2,5-8,10H2,1H3,(H,19,22). The number of aryl methyl sites for hydroxylation is 2. The highest BCUT2D eigenvalue weighted by molar-refractivity contribution is 5.76. The number of aromatic nitrogens is 2. The second kappa shape index (κ2) is 6.68. The normalized spacial score (nSPS) is 15.8. The van der Waals surface area contributed by atoms with Crippen molar-refractivity contribution < 1.29 is 18.8 Å². The highest BCUT2D eigenvalue weighted by Gasteiger charge is 2.34. The van der Waals surface area contributed by atoms with E-state index in [0.29, 0.717) is 29.3 Å². The van der Waals surface area contributed by atoms with E-state index in [1.807, 2.05) is 0 Å². The van der Waals surface area contributed by atoms with Gasteiger partial charge < -0.3 is 14.9 Å². The molecule has 0 unspecified atom stereocenters. The van der Waals surface area contributed by atoms with Crippen molar-refractivity contribution in [1.82, 2.24) is 15.5 Å². The summed E-state index contributed by atoms with van der Waals surface area (Å²) in [6.45, 7) is 1.96. The summed E-state index contributed by atoms with van der Waals surface area (Å²) in [6.07, 6.45) is 2.95. The zero-order valence-electron chi connectivity index (χ0n) is 13.5. The quantitative estimate of drug-likeness (QED) is 0.845. The second-order valence-corrected chi connectivity index (χ2v) is 6.33. The van der Waals surface area contributed by atoms with Gasteiger partial charge in [-0.25, -0.2) is 4.39 Å². The van der Waals surface area contributed by atoms with Crippen LogP contribution in [0.5, 0.6) is 0 Å². The summed E-state index contributed by atoms with van der Waals surface area (Å²) in [5, 5.41) is 16.5. The van der Waals surface area contributed by atoms with Crippen molar-refractivity contribution in [3.05, 3.63) is 35.5 Å². The number of amides is 1. The van der Waals surface area contributed by atoms with E-state index < -0.39 is 5.60 Å². The van der Waals surface area contributed by atoms with Gasteiger partial charge in [-0.1, -0.05) is 17.3 Å². The number of carbonyl (C=O) groups is 1.